The Morgan fingerprint density at radius 3 is 2.75 bits per heavy atom. The number of allylic oxidation sites excluding steroid dienone is 1. The molecule has 0 atom stereocenters. The third-order valence-corrected chi connectivity index (χ3v) is 2.99. The molecule has 0 bridgehead atoms. The van der Waals surface area contributed by atoms with Crippen LogP contribution in [0, 0.1) is 6.92 Å². The molecule has 0 amide bonds. The van der Waals surface area contributed by atoms with Gasteiger partial charge in [0.1, 0.15) is 5.75 Å². The lowest BCUT2D eigenvalue weighted by Gasteiger charge is -2.19. The molecule has 0 aliphatic heterocycles. The zero-order chi connectivity index (χ0) is 10.8. The van der Waals surface area contributed by atoms with E-state index in [1.54, 1.807) is 7.11 Å². The van der Waals surface area contributed by atoms with E-state index in [1.807, 2.05) is 0 Å². The van der Waals surface area contributed by atoms with E-state index < -0.39 is 0 Å². The molecule has 0 radical (unpaired) electrons. The molecule has 1 aliphatic carbocycles. The largest absolute Gasteiger partial charge is 0.496 e. The van der Waals surface area contributed by atoms with Gasteiger partial charge in [0, 0.05) is 6.54 Å². The Bertz CT molecular complexity index is 413. The van der Waals surface area contributed by atoms with Gasteiger partial charge in [-0.3, -0.25) is 0 Å². The number of halogens is 1. The summed E-state index contributed by atoms with van der Waals surface area (Å²) in [5.41, 5.74) is 10.9. The Morgan fingerprint density at radius 1 is 1.38 bits per heavy atom. The minimum atomic E-state index is 0. The quantitative estimate of drug-likeness (QED) is 0.861. The molecule has 88 valence electrons. The Morgan fingerprint density at radius 2 is 2.12 bits per heavy atom. The first-order valence-corrected chi connectivity index (χ1v) is 5.33. The van der Waals surface area contributed by atoms with E-state index >= 15 is 0 Å². The van der Waals surface area contributed by atoms with Gasteiger partial charge < -0.3 is 10.5 Å². The SMILES string of the molecule is COc1cc2c(cc1C)C(CN)=CCC2.Cl. The molecule has 2 nitrogen and oxygen atoms in total. The van der Waals surface area contributed by atoms with E-state index in [2.05, 4.69) is 25.1 Å². The first-order chi connectivity index (χ1) is 7.26. The second-order valence-corrected chi connectivity index (χ2v) is 3.95. The maximum absolute atomic E-state index is 5.74. The zero-order valence-corrected chi connectivity index (χ0v) is 10.6. The highest BCUT2D eigenvalue weighted by atomic mass is 35.5. The molecule has 0 fully saturated rings. The van der Waals surface area contributed by atoms with Crippen LogP contribution in [0.25, 0.3) is 5.57 Å². The van der Waals surface area contributed by atoms with Gasteiger partial charge in [0.05, 0.1) is 7.11 Å². The molecule has 1 aromatic rings. The molecule has 2 N–H and O–H groups in total. The van der Waals surface area contributed by atoms with Gasteiger partial charge in [-0.05, 0) is 54.2 Å². The van der Waals surface area contributed by atoms with Crippen molar-refractivity contribution in [1.29, 1.82) is 0 Å². The van der Waals surface area contributed by atoms with E-state index in [1.165, 1.54) is 22.3 Å². The topological polar surface area (TPSA) is 35.2 Å². The van der Waals surface area contributed by atoms with Crippen molar-refractivity contribution in [2.45, 2.75) is 19.8 Å². The minimum Gasteiger partial charge on any atom is -0.496 e. The average molecular weight is 240 g/mol. The van der Waals surface area contributed by atoms with Gasteiger partial charge >= 0.3 is 0 Å². The third kappa shape index (κ3) is 2.23. The molecule has 16 heavy (non-hydrogen) atoms. The van der Waals surface area contributed by atoms with Crippen LogP contribution in [-0.2, 0) is 6.42 Å². The molecule has 0 spiro atoms. The van der Waals surface area contributed by atoms with Crippen LogP contribution in [0.3, 0.4) is 0 Å². The fourth-order valence-electron chi connectivity index (χ4n) is 2.16. The van der Waals surface area contributed by atoms with Gasteiger partial charge in [-0.15, -0.1) is 12.4 Å². The van der Waals surface area contributed by atoms with E-state index in [4.69, 9.17) is 10.5 Å². The normalized spacial score (nSPS) is 13.6. The van der Waals surface area contributed by atoms with Gasteiger partial charge in [0.2, 0.25) is 0 Å². The number of benzene rings is 1. The summed E-state index contributed by atoms with van der Waals surface area (Å²) in [6.45, 7) is 2.70. The van der Waals surface area contributed by atoms with Crippen LogP contribution in [0.2, 0.25) is 0 Å². The highest BCUT2D eigenvalue weighted by Crippen LogP contribution is 2.31. The lowest BCUT2D eigenvalue weighted by Crippen LogP contribution is -2.09. The molecule has 0 aromatic heterocycles. The first kappa shape index (κ1) is 13.1. The molecule has 1 aromatic carbocycles. The van der Waals surface area contributed by atoms with E-state index in [9.17, 15) is 0 Å². The summed E-state index contributed by atoms with van der Waals surface area (Å²) < 4.78 is 5.33. The van der Waals surface area contributed by atoms with E-state index in [0.29, 0.717) is 6.54 Å². The number of hydrogen-bond acceptors (Lipinski definition) is 2. The smallest absolute Gasteiger partial charge is 0.122 e. The van der Waals surface area contributed by atoms with Crippen molar-refractivity contribution in [2.24, 2.45) is 5.73 Å². The molecule has 0 saturated heterocycles. The van der Waals surface area contributed by atoms with Crippen molar-refractivity contribution in [2.75, 3.05) is 13.7 Å². The van der Waals surface area contributed by atoms with Crippen molar-refractivity contribution in [3.05, 3.63) is 34.9 Å². The molecule has 1 aliphatic rings. The molecule has 0 saturated carbocycles. The van der Waals surface area contributed by atoms with Crippen molar-refractivity contribution >= 4 is 18.0 Å². The average Bonchev–Trinajstić information content (AvgIpc) is 2.27. The van der Waals surface area contributed by atoms with Crippen molar-refractivity contribution in [3.63, 3.8) is 0 Å². The molecular weight excluding hydrogens is 222 g/mol. The number of fused-ring (bicyclic) bond motifs is 1. The summed E-state index contributed by atoms with van der Waals surface area (Å²) in [4.78, 5) is 0. The molecule has 0 heterocycles. The summed E-state index contributed by atoms with van der Waals surface area (Å²) in [7, 11) is 1.72. The summed E-state index contributed by atoms with van der Waals surface area (Å²) in [5, 5.41) is 0. The van der Waals surface area contributed by atoms with Crippen LogP contribution in [0.1, 0.15) is 23.1 Å². The van der Waals surface area contributed by atoms with Crippen molar-refractivity contribution in [3.8, 4) is 5.75 Å². The van der Waals surface area contributed by atoms with Crippen molar-refractivity contribution in [1.82, 2.24) is 0 Å². The van der Waals surface area contributed by atoms with Crippen LogP contribution < -0.4 is 10.5 Å². The van der Waals surface area contributed by atoms with Crippen LogP contribution >= 0.6 is 12.4 Å². The van der Waals surface area contributed by atoms with Crippen LogP contribution in [0.4, 0.5) is 0 Å². The van der Waals surface area contributed by atoms with Gasteiger partial charge in [-0.1, -0.05) is 6.08 Å². The lowest BCUT2D eigenvalue weighted by atomic mass is 9.89. The standard InChI is InChI=1S/C13H17NO.ClH/c1-9-6-12-10(7-13(9)15-2)4-3-5-11(12)8-14;/h5-7H,3-4,8,14H2,1-2H3;1H. The molecular formula is C13H18ClNO. The van der Waals surface area contributed by atoms with E-state index in [0.717, 1.165) is 18.6 Å². The summed E-state index contributed by atoms with van der Waals surface area (Å²) in [6.07, 6.45) is 4.43. The van der Waals surface area contributed by atoms with Crippen molar-refractivity contribution < 1.29 is 4.74 Å². The van der Waals surface area contributed by atoms with Gasteiger partial charge in [0.15, 0.2) is 0 Å². The molecule has 3 heteroatoms. The van der Waals surface area contributed by atoms with Crippen LogP contribution in [-0.4, -0.2) is 13.7 Å². The number of aryl methyl sites for hydroxylation is 2. The highest BCUT2D eigenvalue weighted by Gasteiger charge is 2.13. The number of nitrogens with two attached hydrogens (primary N) is 1. The predicted octanol–water partition coefficient (Wildman–Crippen LogP) is 2.71. The molecule has 2 rings (SSSR count). The highest BCUT2D eigenvalue weighted by molar-refractivity contribution is 5.85. The minimum absolute atomic E-state index is 0. The second-order valence-electron chi connectivity index (χ2n) is 3.95. The first-order valence-electron chi connectivity index (χ1n) is 5.33. The summed E-state index contributed by atoms with van der Waals surface area (Å²) in [6, 6.07) is 4.33. The fourth-order valence-corrected chi connectivity index (χ4v) is 2.16. The van der Waals surface area contributed by atoms with Gasteiger partial charge in [0.25, 0.3) is 0 Å². The zero-order valence-electron chi connectivity index (χ0n) is 9.75. The number of methoxy groups -OCH3 is 1. The Labute approximate surface area is 103 Å². The summed E-state index contributed by atoms with van der Waals surface area (Å²) >= 11 is 0. The maximum atomic E-state index is 5.74. The van der Waals surface area contributed by atoms with Crippen LogP contribution in [0.15, 0.2) is 18.2 Å². The number of ether oxygens (including phenoxy) is 1. The Hall–Kier alpha value is -0.990. The number of hydrogen-bond donors (Lipinski definition) is 1. The van der Waals surface area contributed by atoms with Gasteiger partial charge in [-0.2, -0.15) is 0 Å². The fraction of sp³-hybridized carbons (Fsp3) is 0.385. The Balaban J connectivity index is 0.00000128. The predicted molar refractivity (Wildman–Crippen MR) is 70.3 cm³/mol. The second kappa shape index (κ2) is 5.37. The van der Waals surface area contributed by atoms with Gasteiger partial charge in [-0.25, -0.2) is 0 Å². The monoisotopic (exact) mass is 239 g/mol. The molecule has 0 unspecified atom stereocenters. The third-order valence-electron chi connectivity index (χ3n) is 2.99. The maximum Gasteiger partial charge on any atom is 0.122 e. The van der Waals surface area contributed by atoms with E-state index in [-0.39, 0.29) is 12.4 Å². The Kier molecular flexibility index (Phi) is 4.39. The lowest BCUT2D eigenvalue weighted by molar-refractivity contribution is 0.411. The summed E-state index contributed by atoms with van der Waals surface area (Å²) in [5.74, 6) is 0.979. The van der Waals surface area contributed by atoms with Crippen LogP contribution in [0.5, 0.6) is 5.75 Å². The number of rotatable bonds is 2.